The van der Waals surface area contributed by atoms with Gasteiger partial charge >= 0.3 is 0 Å². The van der Waals surface area contributed by atoms with Gasteiger partial charge in [-0.2, -0.15) is 0 Å². The van der Waals surface area contributed by atoms with Crippen molar-refractivity contribution in [3.8, 4) is 0 Å². The van der Waals surface area contributed by atoms with Crippen molar-refractivity contribution in [1.82, 2.24) is 0 Å². The Labute approximate surface area is 135 Å². The third-order valence-electron chi connectivity index (χ3n) is 3.50. The number of nitrogens with one attached hydrogen (secondary N) is 1. The summed E-state index contributed by atoms with van der Waals surface area (Å²) in [6.45, 7) is 0. The van der Waals surface area contributed by atoms with E-state index < -0.39 is 0 Å². The molecule has 3 N–H and O–H groups in total. The molecule has 0 fully saturated rings. The van der Waals surface area contributed by atoms with Crippen molar-refractivity contribution in [2.45, 2.75) is 0 Å². The van der Waals surface area contributed by atoms with Crippen LogP contribution < -0.4 is 15.8 Å². The molecule has 0 saturated heterocycles. The lowest BCUT2D eigenvalue weighted by Crippen LogP contribution is -2.46. The van der Waals surface area contributed by atoms with E-state index in [9.17, 15) is 0 Å². The number of benzene rings is 3. The minimum absolute atomic E-state index is 0.175. The Morgan fingerprint density at radius 3 is 1.35 bits per heavy atom. The molecule has 4 nitrogen and oxygen atoms in total. The highest BCUT2D eigenvalue weighted by molar-refractivity contribution is 6.09. The van der Waals surface area contributed by atoms with Gasteiger partial charge in [-0.05, 0) is 36.4 Å². The molecule has 0 aliphatic rings. The molecular formula is C19H18N4. The fourth-order valence-corrected chi connectivity index (χ4v) is 2.37. The zero-order valence-corrected chi connectivity index (χ0v) is 12.6. The standard InChI is InChI=1S/C19H18N4/c20-19(23(21)18-14-8-3-9-15-18)22(16-10-4-1-5-11-16)17-12-6-2-7-13-17/h1-15,20H,21H2. The monoisotopic (exact) mass is 302 g/mol. The summed E-state index contributed by atoms with van der Waals surface area (Å²) in [4.78, 5) is 1.81. The molecular weight excluding hydrogens is 284 g/mol. The molecule has 3 rings (SSSR count). The van der Waals surface area contributed by atoms with Crippen molar-refractivity contribution >= 4 is 23.0 Å². The van der Waals surface area contributed by atoms with Crippen LogP contribution in [0.3, 0.4) is 0 Å². The number of hydrazine groups is 1. The minimum Gasteiger partial charge on any atom is -0.280 e. The fourth-order valence-electron chi connectivity index (χ4n) is 2.37. The van der Waals surface area contributed by atoms with E-state index in [2.05, 4.69) is 0 Å². The van der Waals surface area contributed by atoms with Gasteiger partial charge in [0.05, 0.1) is 5.69 Å². The highest BCUT2D eigenvalue weighted by atomic mass is 15.5. The first-order chi connectivity index (χ1) is 11.3. The summed E-state index contributed by atoms with van der Waals surface area (Å²) in [5.74, 6) is 6.36. The Hall–Kier alpha value is -3.11. The van der Waals surface area contributed by atoms with Gasteiger partial charge in [-0.15, -0.1) is 0 Å². The van der Waals surface area contributed by atoms with Crippen molar-refractivity contribution in [1.29, 1.82) is 5.41 Å². The molecule has 0 saturated carbocycles. The van der Waals surface area contributed by atoms with Gasteiger partial charge in [-0.25, -0.2) is 10.9 Å². The summed E-state index contributed by atoms with van der Waals surface area (Å²) in [7, 11) is 0. The molecule has 0 atom stereocenters. The second kappa shape index (κ2) is 6.77. The fraction of sp³-hybridized carbons (Fsp3) is 0. The van der Waals surface area contributed by atoms with Crippen LogP contribution in [0.1, 0.15) is 0 Å². The van der Waals surface area contributed by atoms with Gasteiger partial charge in [0.1, 0.15) is 0 Å². The summed E-state index contributed by atoms with van der Waals surface area (Å²) in [6, 6.07) is 29.0. The molecule has 0 unspecified atom stereocenters. The quantitative estimate of drug-likeness (QED) is 0.331. The molecule has 0 bridgehead atoms. The van der Waals surface area contributed by atoms with Crippen molar-refractivity contribution in [2.24, 2.45) is 5.84 Å². The largest absolute Gasteiger partial charge is 0.280 e. The van der Waals surface area contributed by atoms with Crippen molar-refractivity contribution < 1.29 is 0 Å². The summed E-state index contributed by atoms with van der Waals surface area (Å²) in [5.41, 5.74) is 2.53. The molecule has 114 valence electrons. The van der Waals surface area contributed by atoms with Gasteiger partial charge in [-0.1, -0.05) is 54.6 Å². The predicted molar refractivity (Wildman–Crippen MR) is 95.9 cm³/mol. The molecule has 0 spiro atoms. The van der Waals surface area contributed by atoms with Crippen molar-refractivity contribution in [3.63, 3.8) is 0 Å². The zero-order valence-electron chi connectivity index (χ0n) is 12.6. The highest BCUT2D eigenvalue weighted by Crippen LogP contribution is 2.26. The number of anilines is 3. The van der Waals surface area contributed by atoms with Crippen molar-refractivity contribution in [3.05, 3.63) is 91.0 Å². The molecule has 0 heterocycles. The molecule has 0 aliphatic carbocycles. The maximum absolute atomic E-state index is 8.59. The second-order valence-electron chi connectivity index (χ2n) is 5.04. The van der Waals surface area contributed by atoms with Crippen LogP contribution in [0.15, 0.2) is 91.0 Å². The van der Waals surface area contributed by atoms with Crippen LogP contribution in [0, 0.1) is 5.41 Å². The first kappa shape index (κ1) is 14.8. The van der Waals surface area contributed by atoms with E-state index in [0.717, 1.165) is 17.1 Å². The third kappa shape index (κ3) is 3.22. The summed E-state index contributed by atoms with van der Waals surface area (Å²) in [6.07, 6.45) is 0. The zero-order chi connectivity index (χ0) is 16.1. The van der Waals surface area contributed by atoms with E-state index in [1.165, 1.54) is 5.01 Å². The Kier molecular flexibility index (Phi) is 4.36. The van der Waals surface area contributed by atoms with Crippen LogP contribution in [0.5, 0.6) is 0 Å². The smallest absolute Gasteiger partial charge is 0.222 e. The Morgan fingerprint density at radius 2 is 0.957 bits per heavy atom. The molecule has 3 aromatic rings. The molecule has 0 radical (unpaired) electrons. The van der Waals surface area contributed by atoms with E-state index in [4.69, 9.17) is 11.3 Å². The molecule has 23 heavy (non-hydrogen) atoms. The maximum atomic E-state index is 8.59. The molecule has 4 heteroatoms. The van der Waals surface area contributed by atoms with Crippen LogP contribution in [0.4, 0.5) is 17.1 Å². The first-order valence-corrected chi connectivity index (χ1v) is 7.36. The number of hydrogen-bond acceptors (Lipinski definition) is 2. The maximum Gasteiger partial charge on any atom is 0.222 e. The number of para-hydroxylation sites is 3. The van der Waals surface area contributed by atoms with Gasteiger partial charge in [-0.3, -0.25) is 10.3 Å². The average molecular weight is 302 g/mol. The van der Waals surface area contributed by atoms with E-state index in [1.54, 1.807) is 0 Å². The minimum atomic E-state index is 0.175. The molecule has 0 aliphatic heterocycles. The molecule has 3 aromatic carbocycles. The SMILES string of the molecule is N=C(N(N)c1ccccc1)N(c1ccccc1)c1ccccc1. The van der Waals surface area contributed by atoms with Crippen molar-refractivity contribution in [2.75, 3.05) is 9.91 Å². The van der Waals surface area contributed by atoms with Gasteiger partial charge < -0.3 is 0 Å². The lowest BCUT2D eigenvalue weighted by Gasteiger charge is -2.30. The number of guanidine groups is 1. The number of nitrogens with zero attached hydrogens (tertiary/aromatic N) is 2. The topological polar surface area (TPSA) is 56.4 Å². The number of nitrogens with two attached hydrogens (primary N) is 1. The number of rotatable bonds is 3. The second-order valence-corrected chi connectivity index (χ2v) is 5.04. The van der Waals surface area contributed by atoms with Crippen LogP contribution in [-0.2, 0) is 0 Å². The lowest BCUT2D eigenvalue weighted by molar-refractivity contribution is 1.07. The normalized spacial score (nSPS) is 10.1. The highest BCUT2D eigenvalue weighted by Gasteiger charge is 2.19. The van der Waals surface area contributed by atoms with E-state index in [0.29, 0.717) is 0 Å². The Morgan fingerprint density at radius 1 is 0.609 bits per heavy atom. The summed E-state index contributed by atoms with van der Waals surface area (Å²) < 4.78 is 0. The van der Waals surface area contributed by atoms with Gasteiger partial charge in [0.2, 0.25) is 5.96 Å². The average Bonchev–Trinajstić information content (AvgIpc) is 2.64. The van der Waals surface area contributed by atoms with Crippen LogP contribution in [0.2, 0.25) is 0 Å². The van der Waals surface area contributed by atoms with E-state index in [1.807, 2.05) is 95.9 Å². The Balaban J connectivity index is 2.00. The third-order valence-corrected chi connectivity index (χ3v) is 3.50. The molecule has 0 aromatic heterocycles. The van der Waals surface area contributed by atoms with Crippen LogP contribution >= 0.6 is 0 Å². The number of hydrogen-bond donors (Lipinski definition) is 2. The summed E-state index contributed by atoms with van der Waals surface area (Å²) in [5, 5.41) is 9.97. The van der Waals surface area contributed by atoms with Gasteiger partial charge in [0, 0.05) is 11.4 Å². The predicted octanol–water partition coefficient (Wildman–Crippen LogP) is 4.14. The van der Waals surface area contributed by atoms with Gasteiger partial charge in [0.25, 0.3) is 0 Å². The van der Waals surface area contributed by atoms with E-state index in [-0.39, 0.29) is 5.96 Å². The van der Waals surface area contributed by atoms with Crippen LogP contribution in [-0.4, -0.2) is 5.96 Å². The van der Waals surface area contributed by atoms with Crippen LogP contribution in [0.25, 0.3) is 0 Å². The van der Waals surface area contributed by atoms with E-state index >= 15 is 0 Å². The first-order valence-electron chi connectivity index (χ1n) is 7.36. The Bertz CT molecular complexity index is 718. The summed E-state index contributed by atoms with van der Waals surface area (Å²) >= 11 is 0. The lowest BCUT2D eigenvalue weighted by atomic mass is 10.2. The molecule has 0 amide bonds. The van der Waals surface area contributed by atoms with Gasteiger partial charge in [0.15, 0.2) is 0 Å².